The number of nitrogens with two attached hydrogens (primary N) is 1. The van der Waals surface area contributed by atoms with E-state index in [2.05, 4.69) is 33.8 Å². The number of carbonyl (C=O) groups is 1. The fraction of sp³-hybridized carbons (Fsp3) is 0.583. The largest absolute Gasteiger partial charge is 0.366 e. The normalized spacial score (nSPS) is 13.6. The van der Waals surface area contributed by atoms with Crippen molar-refractivity contribution in [2.24, 2.45) is 11.1 Å². The van der Waals surface area contributed by atoms with E-state index in [4.69, 9.17) is 5.73 Å². The van der Waals surface area contributed by atoms with Crippen LogP contribution >= 0.6 is 0 Å². The Bertz CT molecular complexity index is 249. The SMILES string of the molecule is CC=C(C)C(C)(C)CCC=CC(N)=O. The van der Waals surface area contributed by atoms with Crippen molar-refractivity contribution in [3.63, 3.8) is 0 Å². The lowest BCUT2D eigenvalue weighted by Gasteiger charge is -2.25. The predicted octanol–water partition coefficient (Wildman–Crippen LogP) is 2.80. The Morgan fingerprint density at radius 3 is 2.43 bits per heavy atom. The van der Waals surface area contributed by atoms with Gasteiger partial charge in [0.15, 0.2) is 0 Å². The highest BCUT2D eigenvalue weighted by Gasteiger charge is 2.17. The Morgan fingerprint density at radius 2 is 2.00 bits per heavy atom. The van der Waals surface area contributed by atoms with Crippen LogP contribution in [0, 0.1) is 5.41 Å². The first-order valence-electron chi connectivity index (χ1n) is 4.99. The Balaban J connectivity index is 4.07. The average Bonchev–Trinajstić information content (AvgIpc) is 2.10. The van der Waals surface area contributed by atoms with Crippen molar-refractivity contribution in [2.45, 2.75) is 40.5 Å². The van der Waals surface area contributed by atoms with Crippen molar-refractivity contribution >= 4 is 5.91 Å². The Kier molecular flexibility index (Phi) is 5.21. The maximum atomic E-state index is 10.4. The van der Waals surface area contributed by atoms with Crippen LogP contribution in [0.15, 0.2) is 23.8 Å². The summed E-state index contributed by atoms with van der Waals surface area (Å²) in [6, 6.07) is 0. The van der Waals surface area contributed by atoms with E-state index >= 15 is 0 Å². The third kappa shape index (κ3) is 4.85. The van der Waals surface area contributed by atoms with Gasteiger partial charge in [-0.1, -0.05) is 31.6 Å². The van der Waals surface area contributed by atoms with Gasteiger partial charge in [-0.2, -0.15) is 0 Å². The van der Waals surface area contributed by atoms with E-state index in [1.165, 1.54) is 11.6 Å². The third-order valence-corrected chi connectivity index (χ3v) is 2.72. The number of hydrogen-bond donors (Lipinski definition) is 1. The van der Waals surface area contributed by atoms with Crippen molar-refractivity contribution in [2.75, 3.05) is 0 Å². The molecule has 0 spiro atoms. The van der Waals surface area contributed by atoms with Crippen LogP contribution in [0.2, 0.25) is 0 Å². The molecule has 0 fully saturated rings. The van der Waals surface area contributed by atoms with E-state index in [9.17, 15) is 4.79 Å². The van der Waals surface area contributed by atoms with Crippen molar-refractivity contribution in [1.29, 1.82) is 0 Å². The number of amides is 1. The van der Waals surface area contributed by atoms with Crippen LogP contribution in [-0.2, 0) is 4.79 Å². The summed E-state index contributed by atoms with van der Waals surface area (Å²) in [7, 11) is 0. The summed E-state index contributed by atoms with van der Waals surface area (Å²) >= 11 is 0. The minimum absolute atomic E-state index is 0.205. The van der Waals surface area contributed by atoms with E-state index in [1.807, 2.05) is 6.08 Å². The molecule has 2 nitrogen and oxygen atoms in total. The van der Waals surface area contributed by atoms with Crippen molar-refractivity contribution < 1.29 is 4.79 Å². The minimum Gasteiger partial charge on any atom is -0.366 e. The molecular weight excluding hydrogens is 174 g/mol. The van der Waals surface area contributed by atoms with Gasteiger partial charge in [0.2, 0.25) is 5.91 Å². The molecule has 0 atom stereocenters. The zero-order chi connectivity index (χ0) is 11.2. The molecule has 0 unspecified atom stereocenters. The molecule has 0 rings (SSSR count). The molecule has 14 heavy (non-hydrogen) atoms. The standard InChI is InChI=1S/C12H21NO/c1-5-10(2)12(3,4)9-7-6-8-11(13)14/h5-6,8H,7,9H2,1-4H3,(H2,13,14). The summed E-state index contributed by atoms with van der Waals surface area (Å²) in [5.74, 6) is -0.370. The second-order valence-corrected chi connectivity index (χ2v) is 4.20. The van der Waals surface area contributed by atoms with Gasteiger partial charge in [-0.25, -0.2) is 0 Å². The van der Waals surface area contributed by atoms with Gasteiger partial charge in [-0.05, 0) is 38.2 Å². The molecule has 0 saturated carbocycles. The van der Waals surface area contributed by atoms with Crippen molar-refractivity contribution in [3.05, 3.63) is 23.8 Å². The van der Waals surface area contributed by atoms with E-state index < -0.39 is 0 Å². The lowest BCUT2D eigenvalue weighted by molar-refractivity contribution is -0.113. The van der Waals surface area contributed by atoms with Crippen molar-refractivity contribution in [3.8, 4) is 0 Å². The first-order valence-corrected chi connectivity index (χ1v) is 4.99. The summed E-state index contributed by atoms with van der Waals surface area (Å²) in [6.45, 7) is 8.61. The first kappa shape index (κ1) is 12.9. The lowest BCUT2D eigenvalue weighted by atomic mass is 9.81. The smallest absolute Gasteiger partial charge is 0.241 e. The zero-order valence-electron chi connectivity index (χ0n) is 9.63. The van der Waals surface area contributed by atoms with E-state index in [0.717, 1.165) is 12.8 Å². The molecule has 0 aliphatic rings. The second-order valence-electron chi connectivity index (χ2n) is 4.20. The number of rotatable bonds is 5. The lowest BCUT2D eigenvalue weighted by Crippen LogP contribution is -2.12. The molecule has 0 aliphatic carbocycles. The Morgan fingerprint density at radius 1 is 1.43 bits per heavy atom. The number of hydrogen-bond acceptors (Lipinski definition) is 1. The molecule has 80 valence electrons. The molecule has 0 bridgehead atoms. The van der Waals surface area contributed by atoms with Crippen LogP contribution in [0.4, 0.5) is 0 Å². The summed E-state index contributed by atoms with van der Waals surface area (Å²) in [4.78, 5) is 10.4. The van der Waals surface area contributed by atoms with Gasteiger partial charge in [0.1, 0.15) is 0 Å². The molecule has 2 heteroatoms. The van der Waals surface area contributed by atoms with E-state index in [1.54, 1.807) is 0 Å². The second kappa shape index (κ2) is 5.63. The fourth-order valence-corrected chi connectivity index (χ4v) is 1.23. The summed E-state index contributed by atoms with van der Waals surface area (Å²) in [5.41, 5.74) is 6.58. The van der Waals surface area contributed by atoms with Crippen LogP contribution in [0.3, 0.4) is 0 Å². The molecule has 0 aromatic heterocycles. The highest BCUT2D eigenvalue weighted by atomic mass is 16.1. The highest BCUT2D eigenvalue weighted by molar-refractivity contribution is 5.85. The molecule has 0 aliphatic heterocycles. The molecule has 1 amide bonds. The minimum atomic E-state index is -0.370. The van der Waals surface area contributed by atoms with Gasteiger partial charge in [0.25, 0.3) is 0 Å². The van der Waals surface area contributed by atoms with Crippen molar-refractivity contribution in [1.82, 2.24) is 0 Å². The quantitative estimate of drug-likeness (QED) is 0.532. The van der Waals surface area contributed by atoms with Gasteiger partial charge in [-0.15, -0.1) is 0 Å². The highest BCUT2D eigenvalue weighted by Crippen LogP contribution is 2.31. The molecule has 0 heterocycles. The summed E-state index contributed by atoms with van der Waals surface area (Å²) in [5, 5.41) is 0. The fourth-order valence-electron chi connectivity index (χ4n) is 1.23. The Labute approximate surface area is 86.9 Å². The van der Waals surface area contributed by atoms with Crippen LogP contribution < -0.4 is 5.73 Å². The van der Waals surface area contributed by atoms with E-state index in [-0.39, 0.29) is 11.3 Å². The Hall–Kier alpha value is -1.05. The van der Waals surface area contributed by atoms with Gasteiger partial charge >= 0.3 is 0 Å². The molecule has 0 aromatic rings. The number of primary amides is 1. The first-order chi connectivity index (χ1) is 6.40. The van der Waals surface area contributed by atoms with Gasteiger partial charge in [-0.3, -0.25) is 4.79 Å². The third-order valence-electron chi connectivity index (χ3n) is 2.72. The molecular formula is C12H21NO. The molecule has 0 saturated heterocycles. The van der Waals surface area contributed by atoms with E-state index in [0.29, 0.717) is 0 Å². The molecule has 2 N–H and O–H groups in total. The van der Waals surface area contributed by atoms with Gasteiger partial charge < -0.3 is 5.73 Å². The predicted molar refractivity (Wildman–Crippen MR) is 60.8 cm³/mol. The monoisotopic (exact) mass is 195 g/mol. The molecule has 0 aromatic carbocycles. The maximum absolute atomic E-state index is 10.4. The summed E-state index contributed by atoms with van der Waals surface area (Å²) < 4.78 is 0. The van der Waals surface area contributed by atoms with Gasteiger partial charge in [0, 0.05) is 0 Å². The van der Waals surface area contributed by atoms with Crippen LogP contribution in [-0.4, -0.2) is 5.91 Å². The number of allylic oxidation sites excluding steroid dienone is 3. The number of carbonyl (C=O) groups excluding carboxylic acids is 1. The molecule has 0 radical (unpaired) electrons. The average molecular weight is 195 g/mol. The van der Waals surface area contributed by atoms with Gasteiger partial charge in [0.05, 0.1) is 0 Å². The summed E-state index contributed by atoms with van der Waals surface area (Å²) in [6.07, 6.45) is 7.33. The van der Waals surface area contributed by atoms with Crippen LogP contribution in [0.25, 0.3) is 0 Å². The van der Waals surface area contributed by atoms with Crippen LogP contribution in [0.5, 0.6) is 0 Å². The zero-order valence-corrected chi connectivity index (χ0v) is 9.63. The topological polar surface area (TPSA) is 43.1 Å². The van der Waals surface area contributed by atoms with Crippen LogP contribution in [0.1, 0.15) is 40.5 Å². The maximum Gasteiger partial charge on any atom is 0.241 e.